The van der Waals surface area contributed by atoms with Gasteiger partial charge in [-0.15, -0.1) is 0 Å². The van der Waals surface area contributed by atoms with Crippen LogP contribution < -0.4 is 10.6 Å². The van der Waals surface area contributed by atoms with Crippen molar-refractivity contribution in [2.75, 3.05) is 0 Å². The van der Waals surface area contributed by atoms with Crippen molar-refractivity contribution in [3.05, 3.63) is 62.6 Å². The smallest absolute Gasteiger partial charge is 0.255 e. The van der Waals surface area contributed by atoms with Gasteiger partial charge >= 0.3 is 10.6 Å². The molecule has 4 nitrogen and oxygen atoms in total. The fourth-order valence-corrected chi connectivity index (χ4v) is 2.67. The monoisotopic (exact) mass is 258 g/mol. The fourth-order valence-electron chi connectivity index (χ4n) is 2.02. The maximum atomic E-state index is 12.0. The van der Waals surface area contributed by atoms with Gasteiger partial charge in [0, 0.05) is 24.0 Å². The van der Waals surface area contributed by atoms with Gasteiger partial charge in [0.1, 0.15) is 0 Å². The van der Waals surface area contributed by atoms with Gasteiger partial charge in [-0.1, -0.05) is 36.4 Å². The highest BCUT2D eigenvalue weighted by Gasteiger charge is 2.11. The fraction of sp³-hybridized carbons (Fsp3) is 0.0769. The molecule has 1 aromatic heterocycles. The molecule has 0 saturated heterocycles. The summed E-state index contributed by atoms with van der Waals surface area (Å²) in [6.45, 7) is 0. The molecule has 0 aliphatic rings. The van der Waals surface area contributed by atoms with Crippen LogP contribution in [0.5, 0.6) is 0 Å². The zero-order valence-corrected chi connectivity index (χ0v) is 10.5. The van der Waals surface area contributed by atoms with Crippen molar-refractivity contribution in [2.45, 2.75) is 0 Å². The average molecular weight is 258 g/mol. The van der Waals surface area contributed by atoms with Crippen LogP contribution in [0.3, 0.4) is 0 Å². The summed E-state index contributed by atoms with van der Waals surface area (Å²) in [7, 11) is 1.59. The molecule has 3 aromatic rings. The lowest BCUT2D eigenvalue weighted by molar-refractivity contribution is 0.854. The number of hydrogen-bond acceptors (Lipinski definition) is 3. The summed E-state index contributed by atoms with van der Waals surface area (Å²) in [6.07, 6.45) is 0. The van der Waals surface area contributed by atoms with E-state index in [1.54, 1.807) is 13.1 Å². The second-order valence-electron chi connectivity index (χ2n) is 3.97. The summed E-state index contributed by atoms with van der Waals surface area (Å²) in [5, 5.41) is 1.91. The Hall–Kier alpha value is -2.14. The van der Waals surface area contributed by atoms with E-state index in [1.807, 2.05) is 36.4 Å². The van der Waals surface area contributed by atoms with Crippen LogP contribution in [0.2, 0.25) is 0 Å². The molecule has 0 spiro atoms. The molecular formula is C13H10N2O2S. The van der Waals surface area contributed by atoms with Crippen molar-refractivity contribution in [1.29, 1.82) is 0 Å². The molecule has 0 saturated carbocycles. The number of aryl methyl sites for hydroxylation is 1. The molecule has 0 amide bonds. The van der Waals surface area contributed by atoms with Crippen LogP contribution in [0.25, 0.3) is 16.5 Å². The number of rotatable bonds is 1. The van der Waals surface area contributed by atoms with Gasteiger partial charge < -0.3 is 0 Å². The molecule has 0 unspecified atom stereocenters. The third-order valence-corrected chi connectivity index (χ3v) is 3.63. The highest BCUT2D eigenvalue weighted by Crippen LogP contribution is 2.20. The van der Waals surface area contributed by atoms with Crippen LogP contribution in [-0.4, -0.2) is 8.52 Å². The molecular weight excluding hydrogens is 248 g/mol. The maximum absolute atomic E-state index is 12.0. The van der Waals surface area contributed by atoms with Gasteiger partial charge in [0.25, 0.3) is 0 Å². The third kappa shape index (κ3) is 1.52. The molecule has 90 valence electrons. The van der Waals surface area contributed by atoms with Crippen LogP contribution in [0, 0.1) is 0 Å². The van der Waals surface area contributed by atoms with Crippen molar-refractivity contribution in [3.63, 3.8) is 0 Å². The largest absolute Gasteiger partial charge is 0.345 e. The van der Waals surface area contributed by atoms with Gasteiger partial charge in [-0.3, -0.25) is 4.79 Å². The van der Waals surface area contributed by atoms with E-state index in [2.05, 4.69) is 0 Å². The molecule has 18 heavy (non-hydrogen) atoms. The van der Waals surface area contributed by atoms with Crippen LogP contribution in [0.15, 0.2) is 52.1 Å². The van der Waals surface area contributed by atoms with Gasteiger partial charge in [0.15, 0.2) is 0 Å². The van der Waals surface area contributed by atoms with Gasteiger partial charge in [0.05, 0.1) is 5.69 Å². The summed E-state index contributed by atoms with van der Waals surface area (Å²) in [5.74, 6) is 0. The normalized spacial score (nSPS) is 10.9. The predicted molar refractivity (Wildman–Crippen MR) is 72.7 cm³/mol. The Morgan fingerprint density at radius 1 is 1.00 bits per heavy atom. The number of nitrogens with zero attached hydrogens (tertiary/aromatic N) is 2. The van der Waals surface area contributed by atoms with E-state index in [0.717, 1.165) is 22.3 Å². The summed E-state index contributed by atoms with van der Waals surface area (Å²) >= 11 is 0.911. The van der Waals surface area contributed by atoms with Crippen molar-refractivity contribution < 1.29 is 0 Å². The zero-order chi connectivity index (χ0) is 12.7. The highest BCUT2D eigenvalue weighted by molar-refractivity contribution is 7.03. The summed E-state index contributed by atoms with van der Waals surface area (Å²) in [6, 6.07) is 13.3. The summed E-state index contributed by atoms with van der Waals surface area (Å²) in [4.78, 5) is 23.6. The molecule has 1 heterocycles. The first-order valence-electron chi connectivity index (χ1n) is 5.46. The minimum Gasteiger partial charge on any atom is -0.255 e. The Bertz CT molecular complexity index is 837. The first kappa shape index (κ1) is 11.0. The van der Waals surface area contributed by atoms with Crippen LogP contribution in [-0.2, 0) is 7.05 Å². The molecule has 0 fully saturated rings. The van der Waals surface area contributed by atoms with Crippen molar-refractivity contribution in [3.8, 4) is 5.69 Å². The Balaban J connectivity index is 2.46. The molecule has 0 N–H and O–H groups in total. The molecule has 5 heteroatoms. The predicted octanol–water partition coefficient (Wildman–Crippen LogP) is 1.75. The van der Waals surface area contributed by atoms with E-state index < -0.39 is 0 Å². The van der Waals surface area contributed by atoms with E-state index in [0.29, 0.717) is 5.69 Å². The number of benzene rings is 2. The van der Waals surface area contributed by atoms with Gasteiger partial charge in [-0.05, 0) is 11.5 Å². The topological polar surface area (TPSA) is 44.0 Å². The Morgan fingerprint density at radius 2 is 1.72 bits per heavy atom. The Morgan fingerprint density at radius 3 is 2.44 bits per heavy atom. The van der Waals surface area contributed by atoms with Crippen LogP contribution >= 0.6 is 11.5 Å². The number of fused-ring (bicyclic) bond motifs is 1. The molecule has 2 aromatic carbocycles. The zero-order valence-electron chi connectivity index (χ0n) is 9.66. The highest BCUT2D eigenvalue weighted by atomic mass is 32.1. The van der Waals surface area contributed by atoms with E-state index >= 15 is 0 Å². The van der Waals surface area contributed by atoms with Gasteiger partial charge in [-0.25, -0.2) is 13.3 Å². The van der Waals surface area contributed by atoms with Gasteiger partial charge in [-0.2, -0.15) is 0 Å². The van der Waals surface area contributed by atoms with E-state index in [4.69, 9.17) is 0 Å². The first-order valence-corrected chi connectivity index (χ1v) is 6.23. The number of aromatic nitrogens is 2. The first-order chi connectivity index (χ1) is 8.68. The van der Waals surface area contributed by atoms with Gasteiger partial charge in [0.2, 0.25) is 0 Å². The lowest BCUT2D eigenvalue weighted by Crippen LogP contribution is -2.26. The average Bonchev–Trinajstić information content (AvgIpc) is 2.63. The lowest BCUT2D eigenvalue weighted by atomic mass is 10.1. The minimum atomic E-state index is -0.304. The lowest BCUT2D eigenvalue weighted by Gasteiger charge is -2.04. The van der Waals surface area contributed by atoms with Crippen LogP contribution in [0.1, 0.15) is 0 Å². The Labute approximate surface area is 106 Å². The van der Waals surface area contributed by atoms with Crippen molar-refractivity contribution in [1.82, 2.24) is 8.52 Å². The Kier molecular flexibility index (Phi) is 2.41. The number of hydrogen-bond donors (Lipinski definition) is 0. The van der Waals surface area contributed by atoms with E-state index in [1.165, 1.54) is 8.52 Å². The van der Waals surface area contributed by atoms with Crippen molar-refractivity contribution >= 4 is 22.3 Å². The standard InChI is InChI=1S/C13H10N2O2S/c1-14-12(16)15(13(17)18-14)11-8-4-6-9-5-2-3-7-10(9)11/h2-8H,1H3. The molecule has 0 aliphatic carbocycles. The van der Waals surface area contributed by atoms with Crippen molar-refractivity contribution in [2.24, 2.45) is 7.05 Å². The van der Waals surface area contributed by atoms with Crippen LogP contribution in [0.4, 0.5) is 0 Å². The summed E-state index contributed by atoms with van der Waals surface area (Å²) in [5.41, 5.74) is 0.335. The second-order valence-corrected chi connectivity index (χ2v) is 5.05. The quantitative estimate of drug-likeness (QED) is 0.667. The molecule has 0 atom stereocenters. The van der Waals surface area contributed by atoms with E-state index in [-0.39, 0.29) is 10.6 Å². The van der Waals surface area contributed by atoms with E-state index in [9.17, 15) is 9.59 Å². The molecule has 0 aliphatic heterocycles. The SMILES string of the molecule is Cn1sc(=O)n(-c2cccc3ccccc23)c1=O. The molecule has 0 radical (unpaired) electrons. The maximum Gasteiger partial charge on any atom is 0.345 e. The second kappa shape index (κ2) is 3.96. The molecule has 3 rings (SSSR count). The molecule has 0 bridgehead atoms. The minimum absolute atomic E-state index is 0.265. The summed E-state index contributed by atoms with van der Waals surface area (Å²) < 4.78 is 2.55. The third-order valence-electron chi connectivity index (χ3n) is 2.87.